The first kappa shape index (κ1) is 18.8. The summed E-state index contributed by atoms with van der Waals surface area (Å²) >= 11 is 0. The zero-order valence-corrected chi connectivity index (χ0v) is 15.8. The van der Waals surface area contributed by atoms with E-state index in [0.717, 1.165) is 11.4 Å². The summed E-state index contributed by atoms with van der Waals surface area (Å²) in [6.07, 6.45) is -0.0327. The van der Waals surface area contributed by atoms with E-state index in [2.05, 4.69) is 5.32 Å². The zero-order valence-electron chi connectivity index (χ0n) is 15.8. The maximum absolute atomic E-state index is 12.6. The summed E-state index contributed by atoms with van der Waals surface area (Å²) in [5.41, 5.74) is 0.175. The summed E-state index contributed by atoms with van der Waals surface area (Å²) in [4.78, 5) is 26.2. The average Bonchev–Trinajstić information content (AvgIpc) is 2.95. The van der Waals surface area contributed by atoms with E-state index in [1.807, 2.05) is 54.6 Å². The van der Waals surface area contributed by atoms with Crippen LogP contribution in [0.4, 0.5) is 10.5 Å². The fraction of sp³-hybridized carbons (Fsp3) is 0.333. The molecule has 3 rings (SSSR count). The van der Waals surface area contributed by atoms with Crippen LogP contribution in [-0.2, 0) is 9.53 Å². The summed E-state index contributed by atoms with van der Waals surface area (Å²) in [5, 5.41) is 2.65. The molecule has 27 heavy (non-hydrogen) atoms. The number of carbonyl (C=O) groups is 2. The molecule has 2 amide bonds. The number of rotatable bonds is 4. The molecule has 0 saturated carbocycles. The van der Waals surface area contributed by atoms with Crippen LogP contribution in [-0.4, -0.2) is 30.2 Å². The minimum Gasteiger partial charge on any atom is -0.457 e. The molecule has 0 spiro atoms. The second-order valence-electron chi connectivity index (χ2n) is 7.39. The van der Waals surface area contributed by atoms with Crippen molar-refractivity contribution < 1.29 is 19.1 Å². The lowest BCUT2D eigenvalue weighted by Crippen LogP contribution is -2.43. The summed E-state index contributed by atoms with van der Waals surface area (Å²) in [6.45, 7) is 5.90. The minimum absolute atomic E-state index is 0.141. The van der Waals surface area contributed by atoms with Crippen molar-refractivity contribution in [3.63, 3.8) is 0 Å². The van der Waals surface area contributed by atoms with Crippen LogP contribution >= 0.6 is 0 Å². The van der Waals surface area contributed by atoms with Crippen LogP contribution < -0.4 is 15.0 Å². The van der Waals surface area contributed by atoms with Crippen LogP contribution in [0.25, 0.3) is 0 Å². The van der Waals surface area contributed by atoms with Gasteiger partial charge in [-0.1, -0.05) is 18.2 Å². The zero-order chi connectivity index (χ0) is 19.4. The third-order valence-electron chi connectivity index (χ3n) is 4.02. The Kier molecular flexibility index (Phi) is 5.35. The molecule has 1 fully saturated rings. The number of alkyl carbamates (subject to hydrolysis) is 1. The summed E-state index contributed by atoms with van der Waals surface area (Å²) in [5.74, 6) is 1.31. The largest absolute Gasteiger partial charge is 0.457 e. The van der Waals surface area contributed by atoms with Gasteiger partial charge in [-0.2, -0.15) is 0 Å². The fourth-order valence-electron chi connectivity index (χ4n) is 2.84. The molecule has 2 aromatic carbocycles. The van der Waals surface area contributed by atoms with Crippen LogP contribution in [0.3, 0.4) is 0 Å². The summed E-state index contributed by atoms with van der Waals surface area (Å²) in [6, 6.07) is 16.3. The number of hydrogen-bond donors (Lipinski definition) is 1. The highest BCUT2D eigenvalue weighted by Gasteiger charge is 2.34. The van der Waals surface area contributed by atoms with Gasteiger partial charge >= 0.3 is 6.09 Å². The maximum atomic E-state index is 12.6. The van der Waals surface area contributed by atoms with Crippen molar-refractivity contribution in [2.75, 3.05) is 11.4 Å². The fourth-order valence-corrected chi connectivity index (χ4v) is 2.84. The molecule has 0 radical (unpaired) electrons. The molecule has 1 atom stereocenters. The number of ether oxygens (including phenoxy) is 2. The first-order valence-corrected chi connectivity index (χ1v) is 8.96. The first-order chi connectivity index (χ1) is 12.8. The Morgan fingerprint density at radius 1 is 1.04 bits per heavy atom. The van der Waals surface area contributed by atoms with Crippen molar-refractivity contribution in [1.82, 2.24) is 5.32 Å². The Labute approximate surface area is 159 Å². The lowest BCUT2D eigenvalue weighted by molar-refractivity contribution is -0.118. The molecule has 1 saturated heterocycles. The van der Waals surface area contributed by atoms with Crippen LogP contribution in [0, 0.1) is 0 Å². The molecular formula is C21H24N2O4. The van der Waals surface area contributed by atoms with Crippen molar-refractivity contribution in [3.8, 4) is 11.5 Å². The molecule has 0 bridgehead atoms. The van der Waals surface area contributed by atoms with Crippen molar-refractivity contribution in [3.05, 3.63) is 54.6 Å². The van der Waals surface area contributed by atoms with Gasteiger partial charge in [-0.3, -0.25) is 4.79 Å². The Morgan fingerprint density at radius 2 is 1.67 bits per heavy atom. The van der Waals surface area contributed by atoms with Gasteiger partial charge in [-0.05, 0) is 63.6 Å². The number of benzene rings is 2. The van der Waals surface area contributed by atoms with Crippen LogP contribution in [0.15, 0.2) is 54.6 Å². The molecule has 1 heterocycles. The molecule has 0 aromatic heterocycles. The number of anilines is 1. The van der Waals surface area contributed by atoms with E-state index in [4.69, 9.17) is 9.47 Å². The standard InChI is InChI=1S/C21H24N2O4/c1-21(2,3)27-20(25)22-18-13-14-23(19(18)24)15-9-11-17(12-10-15)26-16-7-5-4-6-8-16/h4-12,18H,13-14H2,1-3H3,(H,22,25)/t18-/m0/s1. The van der Waals surface area contributed by atoms with Crippen molar-refractivity contribution in [2.24, 2.45) is 0 Å². The van der Waals surface area contributed by atoms with E-state index in [-0.39, 0.29) is 5.91 Å². The van der Waals surface area contributed by atoms with Crippen LogP contribution in [0.5, 0.6) is 11.5 Å². The monoisotopic (exact) mass is 368 g/mol. The molecule has 0 unspecified atom stereocenters. The van der Waals surface area contributed by atoms with Gasteiger partial charge in [0.25, 0.3) is 0 Å². The lowest BCUT2D eigenvalue weighted by Gasteiger charge is -2.21. The quantitative estimate of drug-likeness (QED) is 0.882. The van der Waals surface area contributed by atoms with Crippen LogP contribution in [0.1, 0.15) is 27.2 Å². The van der Waals surface area contributed by atoms with Crippen molar-refractivity contribution >= 4 is 17.7 Å². The van der Waals surface area contributed by atoms with Crippen molar-refractivity contribution in [2.45, 2.75) is 38.8 Å². The number of nitrogens with one attached hydrogen (secondary N) is 1. The Balaban J connectivity index is 1.60. The molecule has 2 aromatic rings. The highest BCUT2D eigenvalue weighted by molar-refractivity contribution is 6.00. The molecule has 1 aliphatic rings. The molecule has 1 N–H and O–H groups in total. The Bertz CT molecular complexity index is 797. The Morgan fingerprint density at radius 3 is 2.30 bits per heavy atom. The van der Waals surface area contributed by atoms with Gasteiger partial charge < -0.3 is 19.7 Å². The smallest absolute Gasteiger partial charge is 0.408 e. The van der Waals surface area contributed by atoms with E-state index in [0.29, 0.717) is 18.7 Å². The SMILES string of the molecule is CC(C)(C)OC(=O)N[C@H]1CCN(c2ccc(Oc3ccccc3)cc2)C1=O. The maximum Gasteiger partial charge on any atom is 0.408 e. The van der Waals surface area contributed by atoms with Gasteiger partial charge in [0.1, 0.15) is 23.1 Å². The molecule has 142 valence electrons. The van der Waals surface area contributed by atoms with E-state index in [1.54, 1.807) is 25.7 Å². The minimum atomic E-state index is -0.597. The number of nitrogens with zero attached hydrogens (tertiary/aromatic N) is 1. The summed E-state index contributed by atoms with van der Waals surface area (Å²) in [7, 11) is 0. The van der Waals surface area contributed by atoms with E-state index >= 15 is 0 Å². The van der Waals surface area contributed by atoms with Gasteiger partial charge in [-0.15, -0.1) is 0 Å². The van der Waals surface area contributed by atoms with Gasteiger partial charge in [-0.25, -0.2) is 4.79 Å². The average molecular weight is 368 g/mol. The topological polar surface area (TPSA) is 67.9 Å². The summed E-state index contributed by atoms with van der Waals surface area (Å²) < 4.78 is 11.0. The number of para-hydroxylation sites is 1. The number of amides is 2. The number of hydrogen-bond acceptors (Lipinski definition) is 4. The Hall–Kier alpha value is -3.02. The highest BCUT2D eigenvalue weighted by atomic mass is 16.6. The van der Waals surface area contributed by atoms with Gasteiger partial charge in [0, 0.05) is 12.2 Å². The third-order valence-corrected chi connectivity index (χ3v) is 4.02. The van der Waals surface area contributed by atoms with Gasteiger partial charge in [0.05, 0.1) is 0 Å². The molecule has 0 aliphatic carbocycles. The second-order valence-corrected chi connectivity index (χ2v) is 7.39. The predicted molar refractivity (Wildman–Crippen MR) is 103 cm³/mol. The molecule has 1 aliphatic heterocycles. The van der Waals surface area contributed by atoms with Gasteiger partial charge in [0.2, 0.25) is 5.91 Å². The second kappa shape index (κ2) is 7.70. The third kappa shape index (κ3) is 5.00. The molecule has 6 nitrogen and oxygen atoms in total. The van der Waals surface area contributed by atoms with Gasteiger partial charge in [0.15, 0.2) is 0 Å². The highest BCUT2D eigenvalue weighted by Crippen LogP contribution is 2.27. The normalized spacial score (nSPS) is 16.9. The van der Waals surface area contributed by atoms with E-state index in [1.165, 1.54) is 0 Å². The lowest BCUT2D eigenvalue weighted by atomic mass is 10.2. The van der Waals surface area contributed by atoms with E-state index in [9.17, 15) is 9.59 Å². The molecular weight excluding hydrogens is 344 g/mol. The first-order valence-electron chi connectivity index (χ1n) is 8.96. The molecule has 6 heteroatoms. The van der Waals surface area contributed by atoms with E-state index < -0.39 is 17.7 Å². The van der Waals surface area contributed by atoms with Crippen molar-refractivity contribution in [1.29, 1.82) is 0 Å². The predicted octanol–water partition coefficient (Wildman–Crippen LogP) is 4.11. The number of carbonyl (C=O) groups excluding carboxylic acids is 2. The van der Waals surface area contributed by atoms with Crippen LogP contribution in [0.2, 0.25) is 0 Å².